The first kappa shape index (κ1) is 22.9. The number of carbonyl (C=O) groups excluding carboxylic acids is 1. The summed E-state index contributed by atoms with van der Waals surface area (Å²) in [6, 6.07) is 9.40. The maximum atomic E-state index is 13.0. The zero-order valence-corrected chi connectivity index (χ0v) is 16.9. The number of benzene rings is 2. The lowest BCUT2D eigenvalue weighted by molar-refractivity contribution is 0.0949. The summed E-state index contributed by atoms with van der Waals surface area (Å²) in [5.74, 6) is -0.804. The molecule has 2 rings (SSSR count). The number of carbonyl (C=O) groups is 1. The molecule has 2 aromatic rings. The van der Waals surface area contributed by atoms with E-state index in [1.54, 1.807) is 20.0 Å². The Morgan fingerprint density at radius 2 is 1.78 bits per heavy atom. The van der Waals surface area contributed by atoms with Gasteiger partial charge in [-0.1, -0.05) is 6.07 Å². The highest BCUT2D eigenvalue weighted by Gasteiger charge is 2.18. The third-order valence-electron chi connectivity index (χ3n) is 3.92. The molecule has 1 unspecified atom stereocenters. The molecule has 2 aromatic carbocycles. The first-order chi connectivity index (χ1) is 12.2. The van der Waals surface area contributed by atoms with Crippen molar-refractivity contribution in [2.45, 2.75) is 24.8 Å². The van der Waals surface area contributed by atoms with E-state index in [1.165, 1.54) is 24.3 Å². The molecule has 0 radical (unpaired) electrons. The maximum absolute atomic E-state index is 13.0. The number of anilines is 1. The van der Waals surface area contributed by atoms with Gasteiger partial charge in [-0.05, 0) is 62.9 Å². The van der Waals surface area contributed by atoms with Gasteiger partial charge in [0.1, 0.15) is 5.82 Å². The van der Waals surface area contributed by atoms with Crippen molar-refractivity contribution >= 4 is 34.0 Å². The topological polar surface area (TPSA) is 87.3 Å². The van der Waals surface area contributed by atoms with Crippen LogP contribution >= 0.6 is 12.4 Å². The zero-order chi connectivity index (χ0) is 19.3. The van der Waals surface area contributed by atoms with E-state index in [-0.39, 0.29) is 40.5 Å². The van der Waals surface area contributed by atoms with Crippen molar-refractivity contribution in [1.29, 1.82) is 0 Å². The van der Waals surface area contributed by atoms with Crippen LogP contribution in [-0.2, 0) is 10.0 Å². The molecule has 9 heteroatoms. The molecule has 148 valence electrons. The number of hydrogen-bond donors (Lipinski definition) is 3. The predicted molar refractivity (Wildman–Crippen MR) is 106 cm³/mol. The van der Waals surface area contributed by atoms with Crippen LogP contribution in [0.2, 0.25) is 0 Å². The summed E-state index contributed by atoms with van der Waals surface area (Å²) in [7, 11) is -2.11. The number of halogens is 2. The van der Waals surface area contributed by atoms with E-state index in [9.17, 15) is 17.6 Å². The first-order valence-corrected chi connectivity index (χ1v) is 9.56. The summed E-state index contributed by atoms with van der Waals surface area (Å²) >= 11 is 0. The minimum Gasteiger partial charge on any atom is -0.350 e. The Morgan fingerprint density at radius 3 is 2.37 bits per heavy atom. The quantitative estimate of drug-likeness (QED) is 0.648. The van der Waals surface area contributed by atoms with Crippen molar-refractivity contribution in [1.82, 2.24) is 10.6 Å². The summed E-state index contributed by atoms with van der Waals surface area (Å²) in [6.07, 6.45) is 0. The van der Waals surface area contributed by atoms with Crippen LogP contribution in [0.25, 0.3) is 0 Å². The maximum Gasteiger partial charge on any atom is 0.261 e. The minimum absolute atomic E-state index is 0. The Labute approximate surface area is 165 Å². The summed E-state index contributed by atoms with van der Waals surface area (Å²) in [5, 5.41) is 5.77. The molecule has 0 saturated heterocycles. The molecular weight excluding hydrogens is 393 g/mol. The lowest BCUT2D eigenvalue weighted by Crippen LogP contribution is -2.37. The number of likely N-dealkylation sites (N-methyl/N-ethyl adjacent to an activating group) is 1. The largest absolute Gasteiger partial charge is 0.350 e. The third-order valence-corrected chi connectivity index (χ3v) is 5.30. The van der Waals surface area contributed by atoms with Crippen LogP contribution in [-0.4, -0.2) is 34.0 Å². The molecule has 0 saturated carbocycles. The number of rotatable bonds is 7. The smallest absolute Gasteiger partial charge is 0.261 e. The fourth-order valence-electron chi connectivity index (χ4n) is 2.19. The number of nitrogens with one attached hydrogen (secondary N) is 3. The van der Waals surface area contributed by atoms with Gasteiger partial charge in [0.05, 0.1) is 4.90 Å². The van der Waals surface area contributed by atoms with Crippen LogP contribution in [0.3, 0.4) is 0 Å². The van der Waals surface area contributed by atoms with E-state index >= 15 is 0 Å². The predicted octanol–water partition coefficient (Wildman–Crippen LogP) is 2.69. The molecule has 27 heavy (non-hydrogen) atoms. The van der Waals surface area contributed by atoms with Crippen LogP contribution < -0.4 is 15.4 Å². The fourth-order valence-corrected chi connectivity index (χ4v) is 3.27. The van der Waals surface area contributed by atoms with Gasteiger partial charge in [0.15, 0.2) is 0 Å². The highest BCUT2D eigenvalue weighted by Crippen LogP contribution is 2.19. The third kappa shape index (κ3) is 6.20. The van der Waals surface area contributed by atoms with Crippen molar-refractivity contribution in [2.75, 3.05) is 18.3 Å². The molecular formula is C18H23ClFN3O3S. The lowest BCUT2D eigenvalue weighted by Gasteiger charge is -2.14. The molecule has 0 bridgehead atoms. The Hall–Kier alpha value is -2.16. The van der Waals surface area contributed by atoms with Gasteiger partial charge in [-0.15, -0.1) is 12.4 Å². The molecule has 0 aliphatic heterocycles. The molecule has 6 nitrogen and oxygen atoms in total. The summed E-state index contributed by atoms with van der Waals surface area (Å²) in [4.78, 5) is 12.3. The lowest BCUT2D eigenvalue weighted by atomic mass is 10.1. The monoisotopic (exact) mass is 415 g/mol. The van der Waals surface area contributed by atoms with Crippen LogP contribution in [0.5, 0.6) is 0 Å². The van der Waals surface area contributed by atoms with Gasteiger partial charge in [-0.3, -0.25) is 9.52 Å². The van der Waals surface area contributed by atoms with Gasteiger partial charge in [-0.25, -0.2) is 12.8 Å². The second kappa shape index (κ2) is 9.68. The Kier molecular flexibility index (Phi) is 8.20. The van der Waals surface area contributed by atoms with Crippen LogP contribution in [0.4, 0.5) is 10.1 Å². The molecule has 1 amide bonds. The number of sulfonamides is 1. The summed E-state index contributed by atoms with van der Waals surface area (Å²) in [5.41, 5.74) is 1.19. The van der Waals surface area contributed by atoms with Crippen LogP contribution in [0, 0.1) is 12.7 Å². The molecule has 0 heterocycles. The standard InChI is InChI=1S/C18H22FN3O3S.ClH/c1-12-4-9-16(10-17(12)18(23)21-11-13(2)20-3)26(24,25)22-15-7-5-14(19)6-8-15;/h4-10,13,20,22H,11H2,1-3H3,(H,21,23);1H. The van der Waals surface area contributed by atoms with E-state index in [2.05, 4.69) is 15.4 Å². The van der Waals surface area contributed by atoms with Crippen molar-refractivity contribution in [3.63, 3.8) is 0 Å². The Balaban J connectivity index is 0.00000364. The number of amides is 1. The molecule has 3 N–H and O–H groups in total. The van der Waals surface area contributed by atoms with Crippen molar-refractivity contribution in [3.8, 4) is 0 Å². The van der Waals surface area contributed by atoms with Gasteiger partial charge in [0.2, 0.25) is 0 Å². The summed E-state index contributed by atoms with van der Waals surface area (Å²) in [6.45, 7) is 4.07. The number of hydrogen-bond acceptors (Lipinski definition) is 4. The minimum atomic E-state index is -3.90. The van der Waals surface area contributed by atoms with Gasteiger partial charge >= 0.3 is 0 Å². The Morgan fingerprint density at radius 1 is 1.15 bits per heavy atom. The average molecular weight is 416 g/mol. The zero-order valence-electron chi connectivity index (χ0n) is 15.2. The van der Waals surface area contributed by atoms with E-state index in [1.807, 2.05) is 6.92 Å². The molecule has 0 fully saturated rings. The van der Waals surface area contributed by atoms with Crippen molar-refractivity contribution in [3.05, 3.63) is 59.4 Å². The second-order valence-electron chi connectivity index (χ2n) is 5.99. The van der Waals surface area contributed by atoms with Gasteiger partial charge in [-0.2, -0.15) is 0 Å². The Bertz CT molecular complexity index is 889. The van der Waals surface area contributed by atoms with Crippen molar-refractivity contribution in [2.24, 2.45) is 0 Å². The average Bonchev–Trinajstić information content (AvgIpc) is 2.61. The highest BCUT2D eigenvalue weighted by molar-refractivity contribution is 7.92. The molecule has 0 aliphatic carbocycles. The van der Waals surface area contributed by atoms with Gasteiger partial charge < -0.3 is 10.6 Å². The van der Waals surface area contributed by atoms with Crippen LogP contribution in [0.15, 0.2) is 47.4 Å². The highest BCUT2D eigenvalue weighted by atomic mass is 35.5. The van der Waals surface area contributed by atoms with E-state index in [0.29, 0.717) is 12.1 Å². The first-order valence-electron chi connectivity index (χ1n) is 8.07. The number of aryl methyl sites for hydroxylation is 1. The molecule has 1 atom stereocenters. The summed E-state index contributed by atoms with van der Waals surface area (Å²) < 4.78 is 40.4. The van der Waals surface area contributed by atoms with Gasteiger partial charge in [0, 0.05) is 23.8 Å². The normalized spacial score (nSPS) is 12.0. The van der Waals surface area contributed by atoms with E-state index in [0.717, 1.165) is 12.1 Å². The van der Waals surface area contributed by atoms with Gasteiger partial charge in [0.25, 0.3) is 15.9 Å². The second-order valence-corrected chi connectivity index (χ2v) is 7.67. The van der Waals surface area contributed by atoms with E-state index in [4.69, 9.17) is 0 Å². The molecule has 0 spiro atoms. The molecule has 0 aliphatic rings. The van der Waals surface area contributed by atoms with E-state index < -0.39 is 15.8 Å². The fraction of sp³-hybridized carbons (Fsp3) is 0.278. The van der Waals surface area contributed by atoms with Crippen molar-refractivity contribution < 1.29 is 17.6 Å². The molecule has 0 aromatic heterocycles. The SMILES string of the molecule is CNC(C)CNC(=O)c1cc(S(=O)(=O)Nc2ccc(F)cc2)ccc1C.Cl. The van der Waals surface area contributed by atoms with Crippen LogP contribution in [0.1, 0.15) is 22.8 Å².